The Labute approximate surface area is 619 Å². The lowest BCUT2D eigenvalue weighted by Gasteiger charge is -2.21. The van der Waals surface area contributed by atoms with Gasteiger partial charge in [-0.15, -0.1) is 0 Å². The molecular formula is C83H144O17P2. The van der Waals surface area contributed by atoms with Gasteiger partial charge in [0.2, 0.25) is 0 Å². The Morgan fingerprint density at radius 1 is 0.314 bits per heavy atom. The monoisotopic (exact) mass is 1470 g/mol. The maximum atomic E-state index is 13.1. The molecular weight excluding hydrogens is 1330 g/mol. The lowest BCUT2D eigenvalue weighted by Crippen LogP contribution is -2.30. The Kier molecular flexibility index (Phi) is 73.4. The molecule has 0 aromatic carbocycles. The molecule has 0 amide bonds. The second-order valence-corrected chi connectivity index (χ2v) is 29.5. The number of hydrogen-bond donors (Lipinski definition) is 3. The number of esters is 3. The van der Waals surface area contributed by atoms with Crippen molar-refractivity contribution in [3.05, 3.63) is 109 Å². The Morgan fingerprint density at radius 3 is 0.961 bits per heavy atom. The normalized spacial score (nSPS) is 14.5. The SMILES string of the molecule is CCCCC/C=C\C/C=C\C/C=C\C/C=C\CCCC(=O)O[C@H](COCCCCCCCCC/C=C\CCCCCCC=O)COP(=O)(O)OC[C@H](O)COP(=O)(O)OC[C@@H](COC(=O)CCCCCCC/C=C\C/C=C\CCCCC)OC(=O)CCCCCCC/C=C\C/C=C\CCCCC. The van der Waals surface area contributed by atoms with Crippen LogP contribution in [0.15, 0.2) is 109 Å². The summed E-state index contributed by atoms with van der Waals surface area (Å²) >= 11 is 0. The van der Waals surface area contributed by atoms with Crippen LogP contribution in [-0.2, 0) is 65.4 Å². The first-order valence-corrected chi connectivity index (χ1v) is 43.1. The van der Waals surface area contributed by atoms with Crippen LogP contribution in [-0.4, -0.2) is 104 Å². The molecule has 0 fully saturated rings. The molecule has 2 unspecified atom stereocenters. The van der Waals surface area contributed by atoms with Crippen LogP contribution in [0.2, 0.25) is 0 Å². The van der Waals surface area contributed by atoms with Crippen LogP contribution < -0.4 is 0 Å². The van der Waals surface area contributed by atoms with E-state index in [1.165, 1.54) is 77.0 Å². The zero-order valence-electron chi connectivity index (χ0n) is 64.0. The van der Waals surface area contributed by atoms with Crippen molar-refractivity contribution >= 4 is 39.8 Å². The van der Waals surface area contributed by atoms with Crippen molar-refractivity contribution in [1.29, 1.82) is 0 Å². The summed E-state index contributed by atoms with van der Waals surface area (Å²) in [6, 6.07) is 0. The zero-order chi connectivity index (χ0) is 74.4. The smallest absolute Gasteiger partial charge is 0.462 e. The molecule has 0 bridgehead atoms. The number of ether oxygens (including phenoxy) is 4. The topological polar surface area (TPSA) is 237 Å². The highest BCUT2D eigenvalue weighted by molar-refractivity contribution is 7.47. The van der Waals surface area contributed by atoms with E-state index in [1.807, 2.05) is 6.08 Å². The van der Waals surface area contributed by atoms with E-state index in [2.05, 4.69) is 124 Å². The molecule has 17 nitrogen and oxygen atoms in total. The molecule has 0 spiro atoms. The van der Waals surface area contributed by atoms with Gasteiger partial charge >= 0.3 is 33.6 Å². The van der Waals surface area contributed by atoms with Crippen molar-refractivity contribution in [3.63, 3.8) is 0 Å². The molecule has 5 atom stereocenters. The molecule has 0 rings (SSSR count). The third kappa shape index (κ3) is 75.6. The average molecular weight is 1480 g/mol. The molecule has 0 aromatic heterocycles. The molecule has 0 heterocycles. The summed E-state index contributed by atoms with van der Waals surface area (Å²) < 4.78 is 69.2. The summed E-state index contributed by atoms with van der Waals surface area (Å²) in [4.78, 5) is 70.6. The predicted octanol–water partition coefficient (Wildman–Crippen LogP) is 23.0. The molecule has 0 aliphatic carbocycles. The summed E-state index contributed by atoms with van der Waals surface area (Å²) in [7, 11) is -9.87. The second kappa shape index (κ2) is 76.5. The van der Waals surface area contributed by atoms with Crippen LogP contribution >= 0.6 is 15.6 Å². The summed E-state index contributed by atoms with van der Waals surface area (Å²) in [5.41, 5.74) is 0. The van der Waals surface area contributed by atoms with Gasteiger partial charge in [0.1, 0.15) is 25.1 Å². The van der Waals surface area contributed by atoms with Gasteiger partial charge < -0.3 is 38.6 Å². The largest absolute Gasteiger partial charge is 0.472 e. The van der Waals surface area contributed by atoms with Crippen molar-refractivity contribution in [2.75, 3.05) is 46.2 Å². The minimum atomic E-state index is -4.96. The van der Waals surface area contributed by atoms with Gasteiger partial charge in [0, 0.05) is 32.3 Å². The third-order valence-electron chi connectivity index (χ3n) is 16.7. The number of allylic oxidation sites excluding steroid dienone is 18. The van der Waals surface area contributed by atoms with Crippen molar-refractivity contribution in [2.24, 2.45) is 0 Å². The number of phosphoric ester groups is 2. The van der Waals surface area contributed by atoms with E-state index in [0.29, 0.717) is 38.7 Å². The first kappa shape index (κ1) is 97.9. The molecule has 0 aliphatic rings. The summed E-state index contributed by atoms with van der Waals surface area (Å²) in [6.07, 6.45) is 82.6. The van der Waals surface area contributed by atoms with E-state index in [4.69, 9.17) is 37.0 Å². The fourth-order valence-corrected chi connectivity index (χ4v) is 12.1. The quantitative estimate of drug-likeness (QED) is 0.0128. The van der Waals surface area contributed by atoms with Crippen LogP contribution in [0.3, 0.4) is 0 Å². The van der Waals surface area contributed by atoms with Crippen LogP contribution in [0.25, 0.3) is 0 Å². The molecule has 0 saturated carbocycles. The van der Waals surface area contributed by atoms with Crippen LogP contribution in [0.1, 0.15) is 329 Å². The Balaban J connectivity index is 5.36. The lowest BCUT2D eigenvalue weighted by atomic mass is 10.1. The van der Waals surface area contributed by atoms with Gasteiger partial charge in [-0.2, -0.15) is 0 Å². The van der Waals surface area contributed by atoms with E-state index < -0.39 is 84.9 Å². The van der Waals surface area contributed by atoms with Gasteiger partial charge in [-0.3, -0.25) is 32.5 Å². The molecule has 0 aliphatic heterocycles. The van der Waals surface area contributed by atoms with E-state index in [-0.39, 0.29) is 25.9 Å². The number of carbonyl (C=O) groups is 4. The van der Waals surface area contributed by atoms with Gasteiger partial charge in [-0.1, -0.05) is 252 Å². The minimum Gasteiger partial charge on any atom is -0.462 e. The number of aliphatic hydroxyl groups excluding tert-OH is 1. The summed E-state index contributed by atoms with van der Waals surface area (Å²) in [5.74, 6) is -1.62. The van der Waals surface area contributed by atoms with Crippen LogP contribution in [0.4, 0.5) is 0 Å². The van der Waals surface area contributed by atoms with Crippen molar-refractivity contribution in [3.8, 4) is 0 Å². The highest BCUT2D eigenvalue weighted by Crippen LogP contribution is 2.45. The highest BCUT2D eigenvalue weighted by Gasteiger charge is 2.30. The Morgan fingerprint density at radius 2 is 0.588 bits per heavy atom. The minimum absolute atomic E-state index is 0.0839. The maximum absolute atomic E-state index is 13.1. The fraction of sp³-hybridized carbons (Fsp3) is 0.735. The molecule has 3 N–H and O–H groups in total. The molecule has 0 saturated heterocycles. The Hall–Kier alpha value is -4.12. The Bertz CT molecular complexity index is 2330. The second-order valence-electron chi connectivity index (χ2n) is 26.6. The van der Waals surface area contributed by atoms with E-state index in [1.54, 1.807) is 0 Å². The van der Waals surface area contributed by atoms with Crippen molar-refractivity contribution in [2.45, 2.75) is 347 Å². The van der Waals surface area contributed by atoms with Crippen molar-refractivity contribution in [1.82, 2.24) is 0 Å². The fourth-order valence-electron chi connectivity index (χ4n) is 10.5. The molecule has 0 aromatic rings. The van der Waals surface area contributed by atoms with E-state index in [0.717, 1.165) is 186 Å². The first-order chi connectivity index (χ1) is 49.8. The number of hydrogen-bond acceptors (Lipinski definition) is 15. The van der Waals surface area contributed by atoms with Crippen molar-refractivity contribution < 1.29 is 80.2 Å². The van der Waals surface area contributed by atoms with Gasteiger partial charge in [0.25, 0.3) is 0 Å². The molecule has 19 heteroatoms. The number of rotatable bonds is 77. The first-order valence-electron chi connectivity index (χ1n) is 40.1. The zero-order valence-corrected chi connectivity index (χ0v) is 65.8. The number of aldehydes is 1. The molecule has 102 heavy (non-hydrogen) atoms. The number of phosphoric acid groups is 2. The number of unbranched alkanes of at least 4 members (excludes halogenated alkanes) is 32. The third-order valence-corrected chi connectivity index (χ3v) is 18.6. The van der Waals surface area contributed by atoms with Gasteiger partial charge in [0.15, 0.2) is 6.10 Å². The molecule has 588 valence electrons. The van der Waals surface area contributed by atoms with Gasteiger partial charge in [0.05, 0.1) is 33.0 Å². The van der Waals surface area contributed by atoms with Gasteiger partial charge in [-0.05, 0) is 161 Å². The average Bonchev–Trinajstić information content (AvgIpc) is 0.916. The lowest BCUT2D eigenvalue weighted by molar-refractivity contribution is -0.161. The highest BCUT2D eigenvalue weighted by atomic mass is 31.2. The standard InChI is InChI=1S/C83H144O17P2/c1-4-7-10-13-16-19-22-25-28-29-34-39-44-48-53-58-63-68-82(87)99-79(74-93-71-66-61-56-51-46-41-36-31-30-35-40-45-50-55-60-65-70-84)76-97-101(89,90)95-72-78(85)73-96-102(91,92)98-77-80(100-83(88)69-64-59-54-49-43-38-33-27-24-21-18-15-12-9-6-3)75-94-81(86)67-62-57-52-47-42-37-32-26-23-20-17-14-11-8-5-2/h16-21,25-28,30,32-35,39,48,53,70,78-80,85H,4-15,22-24,29,31,36-38,40-47,49-52,54-69,71-77H2,1-3H3,(H,89,90)(H,91,92)/b19-16-,20-17-,21-18-,28-25-,32-26-,33-27-,35-30-,39-34-,53-48-/t78-,79+,80+/m0/s1. The summed E-state index contributed by atoms with van der Waals surface area (Å²) in [5, 5.41) is 10.6. The maximum Gasteiger partial charge on any atom is 0.472 e. The van der Waals surface area contributed by atoms with Gasteiger partial charge in [-0.25, -0.2) is 9.13 Å². The predicted molar refractivity (Wildman–Crippen MR) is 418 cm³/mol. The van der Waals surface area contributed by atoms with Crippen LogP contribution in [0.5, 0.6) is 0 Å². The van der Waals surface area contributed by atoms with Crippen LogP contribution in [0, 0.1) is 0 Å². The summed E-state index contributed by atoms with van der Waals surface area (Å²) in [6.45, 7) is 3.49. The number of carbonyl (C=O) groups excluding carboxylic acids is 4. The van der Waals surface area contributed by atoms with E-state index in [9.17, 15) is 43.2 Å². The van der Waals surface area contributed by atoms with E-state index >= 15 is 0 Å². The molecule has 0 radical (unpaired) electrons. The number of aliphatic hydroxyl groups is 1.